The Hall–Kier alpha value is -1.94. The molecule has 0 aliphatic heterocycles. The number of benzene rings is 1. The lowest BCUT2D eigenvalue weighted by Gasteiger charge is -2.11. The fraction of sp³-hybridized carbons (Fsp3) is 0.333. The van der Waals surface area contributed by atoms with Gasteiger partial charge >= 0.3 is 0 Å². The van der Waals surface area contributed by atoms with Crippen LogP contribution in [0.1, 0.15) is 45.0 Å². The molecular weight excluding hydrogens is 292 g/mol. The molecule has 3 nitrogen and oxygen atoms in total. The van der Waals surface area contributed by atoms with Crippen LogP contribution in [0.5, 0.6) is 0 Å². The van der Waals surface area contributed by atoms with Crippen LogP contribution in [-0.4, -0.2) is 15.7 Å². The first-order valence-corrected chi connectivity index (χ1v) is 8.56. The SMILES string of the molecule is Cc1ccc(-c2nc3sc4c(n3c2C=O)CCCC4)cc1C. The number of aldehydes is 1. The van der Waals surface area contributed by atoms with Crippen LogP contribution in [0.15, 0.2) is 18.2 Å². The average molecular weight is 310 g/mol. The molecule has 2 aromatic heterocycles. The third-order valence-electron chi connectivity index (χ3n) is 4.65. The number of rotatable bonds is 2. The second-order valence-electron chi connectivity index (χ2n) is 6.06. The fourth-order valence-corrected chi connectivity index (χ4v) is 4.48. The summed E-state index contributed by atoms with van der Waals surface area (Å²) in [6.07, 6.45) is 5.59. The van der Waals surface area contributed by atoms with Gasteiger partial charge in [0.25, 0.3) is 0 Å². The van der Waals surface area contributed by atoms with Crippen molar-refractivity contribution in [1.29, 1.82) is 0 Å². The Morgan fingerprint density at radius 1 is 1.18 bits per heavy atom. The second-order valence-corrected chi connectivity index (χ2v) is 7.12. The Balaban J connectivity index is 1.96. The van der Waals surface area contributed by atoms with Gasteiger partial charge in [0.1, 0.15) is 11.4 Å². The maximum Gasteiger partial charge on any atom is 0.195 e. The molecule has 0 N–H and O–H groups in total. The lowest BCUT2D eigenvalue weighted by molar-refractivity contribution is 0.111. The number of nitrogens with zero attached hydrogens (tertiary/aromatic N) is 2. The van der Waals surface area contributed by atoms with Crippen LogP contribution in [0.25, 0.3) is 16.2 Å². The predicted octanol–water partition coefficient (Wildman–Crippen LogP) is 4.37. The van der Waals surface area contributed by atoms with Crippen LogP contribution in [0.4, 0.5) is 0 Å². The minimum absolute atomic E-state index is 0.706. The number of aryl methyl sites for hydroxylation is 4. The maximum atomic E-state index is 11.8. The topological polar surface area (TPSA) is 34.4 Å². The minimum atomic E-state index is 0.706. The Morgan fingerprint density at radius 3 is 2.77 bits per heavy atom. The van der Waals surface area contributed by atoms with Crippen molar-refractivity contribution in [3.63, 3.8) is 0 Å². The van der Waals surface area contributed by atoms with E-state index in [1.807, 2.05) is 0 Å². The highest BCUT2D eigenvalue weighted by atomic mass is 32.1. The van der Waals surface area contributed by atoms with E-state index in [2.05, 4.69) is 36.4 Å². The zero-order chi connectivity index (χ0) is 15.3. The summed E-state index contributed by atoms with van der Waals surface area (Å²) in [5.41, 5.74) is 6.35. The average Bonchev–Trinajstić information content (AvgIpc) is 3.05. The molecule has 112 valence electrons. The van der Waals surface area contributed by atoms with Gasteiger partial charge in [0.2, 0.25) is 0 Å². The molecule has 0 spiro atoms. The van der Waals surface area contributed by atoms with Gasteiger partial charge in [-0.2, -0.15) is 0 Å². The Kier molecular flexibility index (Phi) is 3.15. The standard InChI is InChI=1S/C18H18N2OS/c1-11-7-8-13(9-12(11)2)17-15(10-21)20-14-5-3-4-6-16(14)22-18(20)19-17/h7-10H,3-6H2,1-2H3. The van der Waals surface area contributed by atoms with Gasteiger partial charge < -0.3 is 0 Å². The van der Waals surface area contributed by atoms with Crippen LogP contribution in [0.2, 0.25) is 0 Å². The van der Waals surface area contributed by atoms with Crippen LogP contribution in [0, 0.1) is 13.8 Å². The van der Waals surface area contributed by atoms with Gasteiger partial charge in [0.05, 0.1) is 0 Å². The number of imidazole rings is 1. The van der Waals surface area contributed by atoms with E-state index in [0.29, 0.717) is 5.69 Å². The summed E-state index contributed by atoms with van der Waals surface area (Å²) in [5, 5.41) is 0. The highest BCUT2D eigenvalue weighted by molar-refractivity contribution is 7.17. The fourth-order valence-electron chi connectivity index (χ4n) is 3.27. The van der Waals surface area contributed by atoms with Gasteiger partial charge in [-0.15, -0.1) is 11.3 Å². The summed E-state index contributed by atoms with van der Waals surface area (Å²) in [7, 11) is 0. The van der Waals surface area contributed by atoms with E-state index in [1.54, 1.807) is 11.3 Å². The smallest absolute Gasteiger partial charge is 0.195 e. The number of fused-ring (bicyclic) bond motifs is 3. The van der Waals surface area contributed by atoms with Gasteiger partial charge in [-0.25, -0.2) is 4.98 Å². The van der Waals surface area contributed by atoms with Gasteiger partial charge in [-0.3, -0.25) is 9.20 Å². The first kappa shape index (κ1) is 13.7. The van der Waals surface area contributed by atoms with Crippen molar-refractivity contribution in [2.24, 2.45) is 0 Å². The van der Waals surface area contributed by atoms with Crippen molar-refractivity contribution in [2.75, 3.05) is 0 Å². The molecular formula is C18H18N2OS. The van der Waals surface area contributed by atoms with E-state index in [-0.39, 0.29) is 0 Å². The predicted molar refractivity (Wildman–Crippen MR) is 90.0 cm³/mol. The maximum absolute atomic E-state index is 11.8. The van der Waals surface area contributed by atoms with Gasteiger partial charge in [0, 0.05) is 16.1 Å². The largest absolute Gasteiger partial charge is 0.296 e. The van der Waals surface area contributed by atoms with E-state index in [9.17, 15) is 4.79 Å². The Labute approximate surface area is 133 Å². The molecule has 22 heavy (non-hydrogen) atoms. The highest BCUT2D eigenvalue weighted by Gasteiger charge is 2.22. The minimum Gasteiger partial charge on any atom is -0.296 e. The zero-order valence-corrected chi connectivity index (χ0v) is 13.7. The lowest BCUT2D eigenvalue weighted by Crippen LogP contribution is -2.05. The van der Waals surface area contributed by atoms with E-state index < -0.39 is 0 Å². The van der Waals surface area contributed by atoms with E-state index >= 15 is 0 Å². The van der Waals surface area contributed by atoms with Crippen LogP contribution in [-0.2, 0) is 12.8 Å². The summed E-state index contributed by atoms with van der Waals surface area (Å²) >= 11 is 1.75. The monoisotopic (exact) mass is 310 g/mol. The van der Waals surface area contributed by atoms with Crippen molar-refractivity contribution in [2.45, 2.75) is 39.5 Å². The number of aromatic nitrogens is 2. The van der Waals surface area contributed by atoms with Crippen LogP contribution >= 0.6 is 11.3 Å². The molecule has 3 aromatic rings. The molecule has 0 saturated heterocycles. The normalized spacial score (nSPS) is 14.3. The Morgan fingerprint density at radius 2 is 2.00 bits per heavy atom. The first-order valence-electron chi connectivity index (χ1n) is 7.75. The van der Waals surface area contributed by atoms with Crippen molar-refractivity contribution in [3.8, 4) is 11.3 Å². The van der Waals surface area contributed by atoms with Crippen molar-refractivity contribution in [3.05, 3.63) is 45.6 Å². The number of hydrogen-bond acceptors (Lipinski definition) is 3. The quantitative estimate of drug-likeness (QED) is 0.659. The van der Waals surface area contributed by atoms with E-state index in [1.165, 1.54) is 34.5 Å². The highest BCUT2D eigenvalue weighted by Crippen LogP contribution is 2.34. The van der Waals surface area contributed by atoms with Gasteiger partial charge in [-0.1, -0.05) is 12.1 Å². The summed E-state index contributed by atoms with van der Waals surface area (Å²) in [6, 6.07) is 6.29. The molecule has 0 radical (unpaired) electrons. The molecule has 1 aromatic carbocycles. The summed E-state index contributed by atoms with van der Waals surface area (Å²) < 4.78 is 2.09. The third kappa shape index (κ3) is 1.94. The molecule has 0 saturated carbocycles. The number of carbonyl (C=O) groups is 1. The van der Waals surface area contributed by atoms with E-state index in [4.69, 9.17) is 4.98 Å². The summed E-state index contributed by atoms with van der Waals surface area (Å²) in [6.45, 7) is 4.20. The molecule has 4 rings (SSSR count). The molecule has 4 heteroatoms. The van der Waals surface area contributed by atoms with Crippen LogP contribution in [0.3, 0.4) is 0 Å². The lowest BCUT2D eigenvalue weighted by atomic mass is 10.0. The molecule has 1 aliphatic rings. The molecule has 0 unspecified atom stereocenters. The first-order chi connectivity index (χ1) is 10.7. The molecule has 0 amide bonds. The van der Waals surface area contributed by atoms with Crippen molar-refractivity contribution < 1.29 is 4.79 Å². The van der Waals surface area contributed by atoms with Crippen LogP contribution < -0.4 is 0 Å². The number of hydrogen-bond donors (Lipinski definition) is 0. The van der Waals surface area contributed by atoms with E-state index in [0.717, 1.165) is 35.3 Å². The Bertz CT molecular complexity index is 888. The molecule has 1 aliphatic carbocycles. The molecule has 0 fully saturated rings. The number of thiazole rings is 1. The molecule has 0 bridgehead atoms. The van der Waals surface area contributed by atoms with Crippen molar-refractivity contribution >= 4 is 22.6 Å². The van der Waals surface area contributed by atoms with Crippen molar-refractivity contribution in [1.82, 2.24) is 9.38 Å². The third-order valence-corrected chi connectivity index (χ3v) is 5.79. The zero-order valence-electron chi connectivity index (χ0n) is 12.8. The van der Waals surface area contributed by atoms with Gasteiger partial charge in [0.15, 0.2) is 11.2 Å². The van der Waals surface area contributed by atoms with Gasteiger partial charge in [-0.05, 0) is 56.7 Å². The second kappa shape index (κ2) is 5.06. The molecule has 2 heterocycles. The summed E-state index contributed by atoms with van der Waals surface area (Å²) in [5.74, 6) is 0. The molecule has 0 atom stereocenters. The number of carbonyl (C=O) groups excluding carboxylic acids is 1. The summed E-state index contributed by atoms with van der Waals surface area (Å²) in [4.78, 5) is 18.9.